The number of carbonyl (C=O) groups excluding carboxylic acids is 1. The third-order valence-corrected chi connectivity index (χ3v) is 6.63. The molecule has 0 aliphatic carbocycles. The van der Waals surface area contributed by atoms with E-state index in [4.69, 9.17) is 5.73 Å². The summed E-state index contributed by atoms with van der Waals surface area (Å²) in [7, 11) is 1.88. The molecule has 37 heavy (non-hydrogen) atoms. The van der Waals surface area contributed by atoms with E-state index in [2.05, 4.69) is 15.4 Å². The van der Waals surface area contributed by atoms with Crippen molar-refractivity contribution < 1.29 is 18.7 Å². The lowest BCUT2D eigenvalue weighted by Gasteiger charge is -2.28. The second kappa shape index (κ2) is 9.37. The monoisotopic (exact) mass is 509 g/mol. The van der Waals surface area contributed by atoms with Crippen LogP contribution in [0.3, 0.4) is 0 Å². The van der Waals surface area contributed by atoms with Gasteiger partial charge < -0.3 is 25.6 Å². The Labute approximate surface area is 209 Å². The third kappa shape index (κ3) is 4.23. The number of nitrogens with one attached hydrogen (secondary N) is 1. The van der Waals surface area contributed by atoms with Gasteiger partial charge in [-0.3, -0.25) is 9.59 Å². The number of halogens is 2. The van der Waals surface area contributed by atoms with E-state index in [1.807, 2.05) is 29.5 Å². The average molecular weight is 510 g/mol. The largest absolute Gasteiger partial charge is 0.394 e. The quantitative estimate of drug-likeness (QED) is 0.374. The summed E-state index contributed by atoms with van der Waals surface area (Å²) in [6, 6.07) is 8.41. The normalized spacial score (nSPS) is 17.5. The first-order valence-electron chi connectivity index (χ1n) is 11.6. The predicted molar refractivity (Wildman–Crippen MR) is 134 cm³/mol. The van der Waals surface area contributed by atoms with Gasteiger partial charge in [-0.25, -0.2) is 13.8 Å². The number of para-hydroxylation sites is 1. The number of aliphatic hydroxyl groups is 1. The second-order valence-electron chi connectivity index (χ2n) is 9.03. The molecule has 4 N–H and O–H groups in total. The molecule has 0 saturated carbocycles. The molecule has 1 saturated heterocycles. The number of rotatable bonds is 5. The van der Waals surface area contributed by atoms with Crippen LogP contribution in [0.25, 0.3) is 16.7 Å². The number of aryl methyl sites for hydroxylation is 2. The summed E-state index contributed by atoms with van der Waals surface area (Å²) in [4.78, 5) is 32.2. The lowest BCUT2D eigenvalue weighted by Crippen LogP contribution is -2.34. The van der Waals surface area contributed by atoms with Crippen LogP contribution in [-0.4, -0.2) is 55.6 Å². The molecule has 1 amide bonds. The highest BCUT2D eigenvalue weighted by Crippen LogP contribution is 2.38. The summed E-state index contributed by atoms with van der Waals surface area (Å²) in [5.41, 5.74) is 6.91. The fourth-order valence-electron chi connectivity index (χ4n) is 4.72. The Balaban J connectivity index is 1.58. The lowest BCUT2D eigenvalue weighted by molar-refractivity contribution is 0.102. The van der Waals surface area contributed by atoms with Gasteiger partial charge in [-0.05, 0) is 43.7 Å². The summed E-state index contributed by atoms with van der Waals surface area (Å²) >= 11 is 0. The Morgan fingerprint density at radius 2 is 1.89 bits per heavy atom. The van der Waals surface area contributed by atoms with Crippen LogP contribution in [0.5, 0.6) is 0 Å². The van der Waals surface area contributed by atoms with Gasteiger partial charge in [0.1, 0.15) is 22.7 Å². The number of aliphatic hydroxyl groups excluding tert-OH is 1. The SMILES string of the molecule is Cc1nc2c(N3C[C@@H](N)C[C@H]3CO)c(NC(=O)c3ccc(=O)n(-c4c(F)cccc4F)n3)ccc2n1C. The minimum atomic E-state index is -0.995. The Morgan fingerprint density at radius 3 is 2.59 bits per heavy atom. The highest BCUT2D eigenvalue weighted by molar-refractivity contribution is 6.08. The van der Waals surface area contributed by atoms with Crippen molar-refractivity contribution in [1.82, 2.24) is 19.3 Å². The van der Waals surface area contributed by atoms with E-state index in [0.717, 1.165) is 35.6 Å². The molecule has 1 fully saturated rings. The van der Waals surface area contributed by atoms with Crippen LogP contribution in [0, 0.1) is 18.6 Å². The van der Waals surface area contributed by atoms with Crippen LogP contribution in [0.1, 0.15) is 22.7 Å². The van der Waals surface area contributed by atoms with Crippen molar-refractivity contribution in [3.63, 3.8) is 0 Å². The van der Waals surface area contributed by atoms with Gasteiger partial charge in [0.2, 0.25) is 0 Å². The topological polar surface area (TPSA) is 131 Å². The first kappa shape index (κ1) is 24.5. The Bertz CT molecular complexity index is 1560. The molecule has 2 atom stereocenters. The maximum absolute atomic E-state index is 14.3. The molecule has 2 aromatic carbocycles. The fourth-order valence-corrected chi connectivity index (χ4v) is 4.72. The molecule has 0 spiro atoms. The van der Waals surface area contributed by atoms with E-state index in [1.165, 1.54) is 6.07 Å². The maximum Gasteiger partial charge on any atom is 0.276 e. The van der Waals surface area contributed by atoms with Gasteiger partial charge in [-0.15, -0.1) is 0 Å². The molecule has 3 heterocycles. The van der Waals surface area contributed by atoms with E-state index in [1.54, 1.807) is 6.07 Å². The molecule has 0 bridgehead atoms. The summed E-state index contributed by atoms with van der Waals surface area (Å²) < 4.78 is 31.1. The van der Waals surface area contributed by atoms with E-state index >= 15 is 0 Å². The molecule has 192 valence electrons. The van der Waals surface area contributed by atoms with Crippen LogP contribution in [0.2, 0.25) is 0 Å². The number of nitrogens with two attached hydrogens (primary N) is 1. The molecule has 10 nitrogen and oxygen atoms in total. The number of amides is 1. The number of carbonyl (C=O) groups is 1. The Hall–Kier alpha value is -4.16. The number of benzene rings is 2. The zero-order valence-corrected chi connectivity index (χ0v) is 20.2. The van der Waals surface area contributed by atoms with E-state index in [9.17, 15) is 23.5 Å². The number of aromatic nitrogens is 4. The van der Waals surface area contributed by atoms with E-state index in [-0.39, 0.29) is 24.4 Å². The van der Waals surface area contributed by atoms with Crippen molar-refractivity contribution in [2.45, 2.75) is 25.4 Å². The van der Waals surface area contributed by atoms with Crippen molar-refractivity contribution in [2.24, 2.45) is 12.8 Å². The van der Waals surface area contributed by atoms with Crippen LogP contribution < -0.4 is 21.5 Å². The molecule has 0 radical (unpaired) electrons. The van der Waals surface area contributed by atoms with Crippen LogP contribution in [0.15, 0.2) is 47.3 Å². The molecule has 0 unspecified atom stereocenters. The van der Waals surface area contributed by atoms with Gasteiger partial charge in [-0.2, -0.15) is 9.78 Å². The van der Waals surface area contributed by atoms with Crippen molar-refractivity contribution in [1.29, 1.82) is 0 Å². The number of nitrogens with zero attached hydrogens (tertiary/aromatic N) is 5. The molecule has 1 aliphatic heterocycles. The van der Waals surface area contributed by atoms with Gasteiger partial charge in [0.25, 0.3) is 11.5 Å². The summed E-state index contributed by atoms with van der Waals surface area (Å²) in [6.45, 7) is 2.17. The van der Waals surface area contributed by atoms with Crippen molar-refractivity contribution >= 4 is 28.3 Å². The van der Waals surface area contributed by atoms with Crippen molar-refractivity contribution in [3.8, 4) is 5.69 Å². The minimum Gasteiger partial charge on any atom is -0.394 e. The molecule has 2 aromatic heterocycles. The van der Waals surface area contributed by atoms with Crippen LogP contribution >= 0.6 is 0 Å². The number of anilines is 2. The van der Waals surface area contributed by atoms with Crippen molar-refractivity contribution in [3.05, 3.63) is 76.0 Å². The van der Waals surface area contributed by atoms with E-state index in [0.29, 0.717) is 34.5 Å². The molecule has 1 aliphatic rings. The molecule has 12 heteroatoms. The smallest absolute Gasteiger partial charge is 0.276 e. The standard InChI is InChI=1S/C25H25F2N7O3/c1-13-29-22-20(32(13)2)8-6-18(24(22)33-11-14(28)10-15(33)12-35)30-25(37)19-7-9-21(36)34(31-19)23-16(26)4-3-5-17(23)27/h3-9,14-15,35H,10-12,28H2,1-2H3,(H,30,37)/t14-,15-/m0/s1. The molecular formula is C25H25F2N7O3. The highest BCUT2D eigenvalue weighted by Gasteiger charge is 2.33. The number of imidazole rings is 1. The first-order chi connectivity index (χ1) is 17.7. The Kier molecular flexibility index (Phi) is 6.21. The molecular weight excluding hydrogens is 484 g/mol. The second-order valence-corrected chi connectivity index (χ2v) is 9.03. The van der Waals surface area contributed by atoms with Crippen LogP contribution in [0.4, 0.5) is 20.2 Å². The van der Waals surface area contributed by atoms with Crippen LogP contribution in [-0.2, 0) is 7.05 Å². The van der Waals surface area contributed by atoms with Gasteiger partial charge in [-0.1, -0.05) is 6.07 Å². The van der Waals surface area contributed by atoms with Gasteiger partial charge >= 0.3 is 0 Å². The lowest BCUT2D eigenvalue weighted by atomic mass is 10.1. The zero-order valence-electron chi connectivity index (χ0n) is 20.2. The Morgan fingerprint density at radius 1 is 1.16 bits per heavy atom. The predicted octanol–water partition coefficient (Wildman–Crippen LogP) is 1.86. The summed E-state index contributed by atoms with van der Waals surface area (Å²) in [5, 5.41) is 16.7. The van der Waals surface area contributed by atoms with Gasteiger partial charge in [0, 0.05) is 25.7 Å². The van der Waals surface area contributed by atoms with Gasteiger partial charge in [0.05, 0.1) is 29.5 Å². The highest BCUT2D eigenvalue weighted by atomic mass is 19.1. The van der Waals surface area contributed by atoms with E-state index < -0.39 is 28.8 Å². The zero-order chi connectivity index (χ0) is 26.4. The molecule has 4 aromatic rings. The van der Waals surface area contributed by atoms with Crippen molar-refractivity contribution in [2.75, 3.05) is 23.4 Å². The summed E-state index contributed by atoms with van der Waals surface area (Å²) in [6.07, 6.45) is 0.562. The fraction of sp³-hybridized carbons (Fsp3) is 0.280. The summed E-state index contributed by atoms with van der Waals surface area (Å²) in [5.74, 6) is -1.94. The number of hydrogen-bond acceptors (Lipinski definition) is 7. The maximum atomic E-state index is 14.3. The first-order valence-corrected chi connectivity index (χ1v) is 11.6. The van der Waals surface area contributed by atoms with Gasteiger partial charge in [0.15, 0.2) is 11.6 Å². The number of hydrogen-bond donors (Lipinski definition) is 3. The third-order valence-electron chi connectivity index (χ3n) is 6.63. The average Bonchev–Trinajstić information content (AvgIpc) is 3.38. The minimum absolute atomic E-state index is 0.135. The number of fused-ring (bicyclic) bond motifs is 1. The molecule has 5 rings (SSSR count).